The van der Waals surface area contributed by atoms with Crippen LogP contribution in [0.25, 0.3) is 22.3 Å². The molecule has 1 N–H and O–H groups in total. The Bertz CT molecular complexity index is 1480. The van der Waals surface area contributed by atoms with Gasteiger partial charge in [0.05, 0.1) is 16.6 Å². The number of sulfonamides is 1. The highest BCUT2D eigenvalue weighted by Gasteiger charge is 2.31. The monoisotopic (exact) mass is 460 g/mol. The van der Waals surface area contributed by atoms with E-state index < -0.39 is 27.3 Å². The molecule has 0 aliphatic heterocycles. The lowest BCUT2D eigenvalue weighted by Crippen LogP contribution is -2.22. The van der Waals surface area contributed by atoms with Crippen LogP contribution in [0.3, 0.4) is 0 Å². The summed E-state index contributed by atoms with van der Waals surface area (Å²) < 4.78 is 68.3. The van der Waals surface area contributed by atoms with Crippen molar-refractivity contribution in [3.8, 4) is 11.4 Å². The number of pyridine rings is 1. The zero-order valence-electron chi connectivity index (χ0n) is 16.5. The van der Waals surface area contributed by atoms with E-state index in [1.54, 1.807) is 6.07 Å². The summed E-state index contributed by atoms with van der Waals surface area (Å²) in [5.41, 5.74) is -1.37. The molecule has 164 valence electrons. The number of hydrogen-bond acceptors (Lipinski definition) is 5. The number of alkyl halides is 3. The van der Waals surface area contributed by atoms with Crippen LogP contribution in [0.5, 0.6) is 0 Å². The van der Waals surface area contributed by atoms with Gasteiger partial charge in [-0.25, -0.2) is 9.97 Å². The first-order chi connectivity index (χ1) is 15.1. The molecule has 0 saturated heterocycles. The zero-order valence-corrected chi connectivity index (χ0v) is 17.3. The first-order valence-electron chi connectivity index (χ1n) is 9.19. The van der Waals surface area contributed by atoms with Crippen molar-refractivity contribution in [1.29, 1.82) is 0 Å². The maximum atomic E-state index is 13.2. The van der Waals surface area contributed by atoms with E-state index in [-0.39, 0.29) is 33.0 Å². The van der Waals surface area contributed by atoms with Crippen LogP contribution in [0, 0.1) is 0 Å². The molecule has 32 heavy (non-hydrogen) atoms. The van der Waals surface area contributed by atoms with Gasteiger partial charge >= 0.3 is 6.18 Å². The minimum atomic E-state index is -4.57. The number of hydrogen-bond donors (Lipinski definition) is 1. The Labute approximate surface area is 180 Å². The highest BCUT2D eigenvalue weighted by Crippen LogP contribution is 2.32. The van der Waals surface area contributed by atoms with Crippen LogP contribution in [-0.4, -0.2) is 23.0 Å². The van der Waals surface area contributed by atoms with Crippen LogP contribution in [0.15, 0.2) is 76.7 Å². The van der Waals surface area contributed by atoms with Gasteiger partial charge in [-0.1, -0.05) is 24.3 Å². The molecule has 0 fully saturated rings. The lowest BCUT2D eigenvalue weighted by atomic mass is 10.1. The van der Waals surface area contributed by atoms with Gasteiger partial charge in [-0.15, -0.1) is 0 Å². The third-order valence-electron chi connectivity index (χ3n) is 4.71. The number of benzene rings is 2. The van der Waals surface area contributed by atoms with Crippen LogP contribution in [0.4, 0.5) is 18.9 Å². The van der Waals surface area contributed by atoms with E-state index in [1.165, 1.54) is 55.7 Å². The number of anilines is 1. The highest BCUT2D eigenvalue weighted by molar-refractivity contribution is 7.92. The van der Waals surface area contributed by atoms with Crippen LogP contribution in [0.1, 0.15) is 5.56 Å². The Morgan fingerprint density at radius 3 is 2.44 bits per heavy atom. The van der Waals surface area contributed by atoms with Gasteiger partial charge in [-0.2, -0.15) is 21.6 Å². The standard InChI is InChI=1S/C21H15F3N4O3S/c1-28-19(13-6-4-7-14(12-13)21(22,23)24)26-18-15(20(28)29)8-5-9-16(18)27-32(30,31)17-10-2-3-11-25-17/h2-12,27H,1H3. The molecule has 2 aromatic carbocycles. The third-order valence-corrected chi connectivity index (χ3v) is 5.99. The minimum absolute atomic E-state index is 0.000853. The first kappa shape index (κ1) is 21.5. The molecular weight excluding hydrogens is 445 g/mol. The molecule has 0 saturated carbocycles. The number of rotatable bonds is 4. The van der Waals surface area contributed by atoms with Crippen molar-refractivity contribution in [2.24, 2.45) is 7.05 Å². The average Bonchev–Trinajstić information content (AvgIpc) is 2.76. The predicted octanol–water partition coefficient (Wildman–Crippen LogP) is 3.82. The molecule has 4 aromatic rings. The lowest BCUT2D eigenvalue weighted by molar-refractivity contribution is -0.137. The predicted molar refractivity (Wildman–Crippen MR) is 112 cm³/mol. The molecule has 7 nitrogen and oxygen atoms in total. The van der Waals surface area contributed by atoms with Gasteiger partial charge in [0.15, 0.2) is 5.03 Å². The molecule has 11 heteroatoms. The average molecular weight is 460 g/mol. The van der Waals surface area contributed by atoms with Gasteiger partial charge in [-0.05, 0) is 36.4 Å². The van der Waals surface area contributed by atoms with Crippen LogP contribution < -0.4 is 10.3 Å². The van der Waals surface area contributed by atoms with Crippen molar-refractivity contribution in [3.05, 3.63) is 82.8 Å². The molecule has 0 unspecified atom stereocenters. The number of nitrogens with zero attached hydrogens (tertiary/aromatic N) is 3. The fourth-order valence-corrected chi connectivity index (χ4v) is 4.19. The fraction of sp³-hybridized carbons (Fsp3) is 0.0952. The van der Waals surface area contributed by atoms with E-state index in [1.807, 2.05) is 0 Å². The van der Waals surface area contributed by atoms with Crippen LogP contribution in [0.2, 0.25) is 0 Å². The van der Waals surface area contributed by atoms with Crippen molar-refractivity contribution >= 4 is 26.6 Å². The summed E-state index contributed by atoms with van der Waals surface area (Å²) in [6.07, 6.45) is -3.26. The Morgan fingerprint density at radius 1 is 1.00 bits per heavy atom. The molecular formula is C21H15F3N4O3S. The van der Waals surface area contributed by atoms with E-state index >= 15 is 0 Å². The number of para-hydroxylation sites is 1. The summed E-state index contributed by atoms with van der Waals surface area (Å²) in [6, 6.07) is 13.1. The van der Waals surface area contributed by atoms with E-state index in [9.17, 15) is 26.4 Å². The van der Waals surface area contributed by atoms with Gasteiger partial charge in [-0.3, -0.25) is 14.1 Å². The second-order valence-corrected chi connectivity index (χ2v) is 8.48. The molecule has 0 radical (unpaired) electrons. The van der Waals surface area contributed by atoms with E-state index in [0.717, 1.165) is 16.7 Å². The largest absolute Gasteiger partial charge is 0.416 e. The number of nitrogens with one attached hydrogen (secondary N) is 1. The molecule has 4 rings (SSSR count). The summed E-state index contributed by atoms with van der Waals surface area (Å²) in [5, 5.41) is -0.136. The number of fused-ring (bicyclic) bond motifs is 1. The second-order valence-electron chi connectivity index (χ2n) is 6.85. The Morgan fingerprint density at radius 2 is 1.75 bits per heavy atom. The van der Waals surface area contributed by atoms with Crippen molar-refractivity contribution in [3.63, 3.8) is 0 Å². The van der Waals surface area contributed by atoms with Crippen molar-refractivity contribution in [1.82, 2.24) is 14.5 Å². The number of halogens is 3. The molecule has 0 bridgehead atoms. The molecule has 0 spiro atoms. The Hall–Kier alpha value is -3.73. The van der Waals surface area contributed by atoms with Crippen LogP contribution >= 0.6 is 0 Å². The molecule has 2 heterocycles. The zero-order chi connectivity index (χ0) is 23.1. The highest BCUT2D eigenvalue weighted by atomic mass is 32.2. The van der Waals surface area contributed by atoms with Crippen molar-refractivity contribution in [2.75, 3.05) is 4.72 Å². The molecule has 0 aliphatic rings. The molecule has 0 amide bonds. The summed E-state index contributed by atoms with van der Waals surface area (Å²) >= 11 is 0. The minimum Gasteiger partial charge on any atom is -0.295 e. The van der Waals surface area contributed by atoms with Crippen molar-refractivity contribution < 1.29 is 21.6 Å². The molecule has 0 atom stereocenters. The summed E-state index contributed by atoms with van der Waals surface area (Å²) in [6.45, 7) is 0. The van der Waals surface area contributed by atoms with E-state index in [2.05, 4.69) is 14.7 Å². The summed E-state index contributed by atoms with van der Waals surface area (Å²) in [5.74, 6) is -0.0434. The normalized spacial score (nSPS) is 12.1. The van der Waals surface area contributed by atoms with Gasteiger partial charge in [0, 0.05) is 18.8 Å². The van der Waals surface area contributed by atoms with Gasteiger partial charge in [0.2, 0.25) is 0 Å². The van der Waals surface area contributed by atoms with Gasteiger partial charge in [0.25, 0.3) is 15.6 Å². The quantitative estimate of drug-likeness (QED) is 0.500. The maximum absolute atomic E-state index is 13.2. The van der Waals surface area contributed by atoms with E-state index in [4.69, 9.17) is 0 Å². The number of aromatic nitrogens is 3. The van der Waals surface area contributed by atoms with Crippen molar-refractivity contribution in [2.45, 2.75) is 11.2 Å². The fourth-order valence-electron chi connectivity index (χ4n) is 3.17. The smallest absolute Gasteiger partial charge is 0.295 e. The second kappa shape index (κ2) is 7.75. The maximum Gasteiger partial charge on any atom is 0.416 e. The van der Waals surface area contributed by atoms with Gasteiger partial charge < -0.3 is 0 Å². The van der Waals surface area contributed by atoms with Gasteiger partial charge in [0.1, 0.15) is 11.3 Å². The topological polar surface area (TPSA) is 93.9 Å². The molecule has 0 aliphatic carbocycles. The van der Waals surface area contributed by atoms with E-state index in [0.29, 0.717) is 0 Å². The van der Waals surface area contributed by atoms with Crippen LogP contribution in [-0.2, 0) is 23.2 Å². The lowest BCUT2D eigenvalue weighted by Gasteiger charge is -2.14. The SMILES string of the molecule is Cn1c(-c2cccc(C(F)(F)F)c2)nc2c(NS(=O)(=O)c3ccccn3)cccc2c1=O. The Balaban J connectivity index is 1.90. The summed E-state index contributed by atoms with van der Waals surface area (Å²) in [7, 11) is -2.71. The third kappa shape index (κ3) is 3.94. The summed E-state index contributed by atoms with van der Waals surface area (Å²) in [4.78, 5) is 21.1. The first-order valence-corrected chi connectivity index (χ1v) is 10.7. The Kier molecular flexibility index (Phi) is 5.21. The molecule has 2 aromatic heterocycles.